The molecule has 1 aromatic carbocycles. The lowest BCUT2D eigenvalue weighted by molar-refractivity contribution is -0.147. The molecule has 106 valence electrons. The number of rotatable bonds is 4. The summed E-state index contributed by atoms with van der Waals surface area (Å²) in [7, 11) is 1.22. The maximum Gasteiger partial charge on any atom is 0.318 e. The van der Waals surface area contributed by atoms with E-state index in [0.717, 1.165) is 0 Å². The predicted octanol–water partition coefficient (Wildman–Crippen LogP) is 0.266. The van der Waals surface area contributed by atoms with E-state index in [-0.39, 0.29) is 31.4 Å². The zero-order valence-corrected chi connectivity index (χ0v) is 11.1. The molecule has 2 rings (SSSR count). The monoisotopic (exact) mass is 277 g/mol. The molecule has 20 heavy (non-hydrogen) atoms. The van der Waals surface area contributed by atoms with E-state index in [1.165, 1.54) is 12.0 Å². The lowest BCUT2D eigenvalue weighted by Crippen LogP contribution is -2.34. The molecule has 0 aliphatic carbocycles. The summed E-state index contributed by atoms with van der Waals surface area (Å²) in [5.74, 6) is -1.52. The Morgan fingerprint density at radius 3 is 2.65 bits per heavy atom. The molecule has 1 amide bonds. The minimum absolute atomic E-state index is 0.0580. The number of benzene rings is 1. The number of carbonyl (C=O) groups excluding carboxylic acids is 3. The van der Waals surface area contributed by atoms with Crippen LogP contribution < -0.4 is 4.74 Å². The molecule has 0 radical (unpaired) electrons. The van der Waals surface area contributed by atoms with Crippen LogP contribution in [0.15, 0.2) is 30.3 Å². The highest BCUT2D eigenvalue weighted by Gasteiger charge is 2.38. The lowest BCUT2D eigenvalue weighted by Gasteiger charge is -2.15. The fraction of sp³-hybridized carbons (Fsp3) is 0.357. The average molecular weight is 277 g/mol. The molecule has 1 aliphatic heterocycles. The standard InChI is InChI=1S/C14H15NO5/c1-19-14(18)11-7-15(8-12(11)16)13(17)9-20-10-5-3-2-4-6-10/h2-6,11H,7-9H2,1H3. The molecular formula is C14H15NO5. The Hall–Kier alpha value is -2.37. The molecule has 1 fully saturated rings. The van der Waals surface area contributed by atoms with Crippen molar-refractivity contribution >= 4 is 17.7 Å². The summed E-state index contributed by atoms with van der Waals surface area (Å²) < 4.78 is 9.85. The number of carbonyl (C=O) groups is 3. The number of methoxy groups -OCH3 is 1. The first kappa shape index (κ1) is 14.0. The Morgan fingerprint density at radius 2 is 2.00 bits per heavy atom. The molecule has 6 heteroatoms. The number of amides is 1. The summed E-state index contributed by atoms with van der Waals surface area (Å²) in [6, 6.07) is 8.91. The number of hydrogen-bond acceptors (Lipinski definition) is 5. The molecule has 0 spiro atoms. The van der Waals surface area contributed by atoms with Crippen LogP contribution in [0.5, 0.6) is 5.75 Å². The summed E-state index contributed by atoms with van der Waals surface area (Å²) in [5.41, 5.74) is 0. The summed E-state index contributed by atoms with van der Waals surface area (Å²) in [4.78, 5) is 36.2. The van der Waals surface area contributed by atoms with Gasteiger partial charge in [0.1, 0.15) is 11.7 Å². The van der Waals surface area contributed by atoms with Crippen molar-refractivity contribution in [3.8, 4) is 5.75 Å². The maximum atomic E-state index is 11.9. The minimum Gasteiger partial charge on any atom is -0.484 e. The van der Waals surface area contributed by atoms with Crippen molar-refractivity contribution in [3.63, 3.8) is 0 Å². The Balaban J connectivity index is 1.88. The Kier molecular flexibility index (Phi) is 4.34. The number of Topliss-reactive ketones (excluding diaryl/α,β-unsaturated/α-hetero) is 1. The molecule has 0 bridgehead atoms. The second-order valence-corrected chi connectivity index (χ2v) is 4.42. The number of para-hydroxylation sites is 1. The summed E-state index contributed by atoms with van der Waals surface area (Å²) in [5, 5.41) is 0. The van der Waals surface area contributed by atoms with Crippen LogP contribution in [-0.2, 0) is 19.1 Å². The third kappa shape index (κ3) is 3.14. The fourth-order valence-corrected chi connectivity index (χ4v) is 1.98. The van der Waals surface area contributed by atoms with E-state index < -0.39 is 11.9 Å². The van der Waals surface area contributed by atoms with Crippen LogP contribution in [0.1, 0.15) is 0 Å². The number of hydrogen-bond donors (Lipinski definition) is 0. The molecule has 1 saturated heterocycles. The highest BCUT2D eigenvalue weighted by atomic mass is 16.5. The van der Waals surface area contributed by atoms with Gasteiger partial charge in [-0.15, -0.1) is 0 Å². The van der Waals surface area contributed by atoms with E-state index in [9.17, 15) is 14.4 Å². The second-order valence-electron chi connectivity index (χ2n) is 4.42. The van der Waals surface area contributed by atoms with Crippen molar-refractivity contribution in [1.29, 1.82) is 0 Å². The molecule has 0 N–H and O–H groups in total. The van der Waals surface area contributed by atoms with Crippen LogP contribution in [-0.4, -0.2) is 49.4 Å². The molecule has 6 nitrogen and oxygen atoms in total. The van der Waals surface area contributed by atoms with Crippen molar-refractivity contribution in [3.05, 3.63) is 30.3 Å². The number of likely N-dealkylation sites (tertiary alicyclic amines) is 1. The molecule has 1 unspecified atom stereocenters. The molecular weight excluding hydrogens is 262 g/mol. The van der Waals surface area contributed by atoms with Crippen molar-refractivity contribution in [2.45, 2.75) is 0 Å². The third-order valence-electron chi connectivity index (χ3n) is 3.08. The zero-order chi connectivity index (χ0) is 14.5. The van der Waals surface area contributed by atoms with Crippen molar-refractivity contribution in [2.75, 3.05) is 26.8 Å². The number of ketones is 1. The van der Waals surface area contributed by atoms with Gasteiger partial charge in [0.25, 0.3) is 5.91 Å². The lowest BCUT2D eigenvalue weighted by atomic mass is 10.1. The van der Waals surface area contributed by atoms with Crippen LogP contribution >= 0.6 is 0 Å². The molecule has 1 atom stereocenters. The maximum absolute atomic E-state index is 11.9. The van der Waals surface area contributed by atoms with Gasteiger partial charge < -0.3 is 14.4 Å². The average Bonchev–Trinajstić information content (AvgIpc) is 2.87. The van der Waals surface area contributed by atoms with Gasteiger partial charge >= 0.3 is 5.97 Å². The normalized spacial score (nSPS) is 17.9. The quantitative estimate of drug-likeness (QED) is 0.583. The topological polar surface area (TPSA) is 72.9 Å². The first-order valence-electron chi connectivity index (χ1n) is 6.18. The van der Waals surface area contributed by atoms with Gasteiger partial charge in [0.15, 0.2) is 12.4 Å². The molecule has 0 saturated carbocycles. The van der Waals surface area contributed by atoms with Gasteiger partial charge in [0, 0.05) is 6.54 Å². The summed E-state index contributed by atoms with van der Waals surface area (Å²) in [6.45, 7) is -0.176. The Morgan fingerprint density at radius 1 is 1.30 bits per heavy atom. The van der Waals surface area contributed by atoms with Crippen LogP contribution in [0.25, 0.3) is 0 Å². The second kappa shape index (κ2) is 6.18. The van der Waals surface area contributed by atoms with E-state index in [1.807, 2.05) is 6.07 Å². The SMILES string of the molecule is COC(=O)C1CN(C(=O)COc2ccccc2)CC1=O. The van der Waals surface area contributed by atoms with Crippen molar-refractivity contribution in [1.82, 2.24) is 4.90 Å². The van der Waals surface area contributed by atoms with Crippen LogP contribution in [0.3, 0.4) is 0 Å². The van der Waals surface area contributed by atoms with Crippen LogP contribution in [0.4, 0.5) is 0 Å². The van der Waals surface area contributed by atoms with Gasteiger partial charge in [0.05, 0.1) is 13.7 Å². The van der Waals surface area contributed by atoms with Crippen LogP contribution in [0.2, 0.25) is 0 Å². The largest absolute Gasteiger partial charge is 0.484 e. The van der Waals surface area contributed by atoms with Crippen molar-refractivity contribution < 1.29 is 23.9 Å². The predicted molar refractivity (Wildman–Crippen MR) is 69.0 cm³/mol. The van der Waals surface area contributed by atoms with Gasteiger partial charge in [-0.2, -0.15) is 0 Å². The molecule has 1 aromatic rings. The Labute approximate surface area is 116 Å². The number of ether oxygens (including phenoxy) is 2. The van der Waals surface area contributed by atoms with Gasteiger partial charge in [-0.25, -0.2) is 0 Å². The van der Waals surface area contributed by atoms with E-state index in [0.29, 0.717) is 5.75 Å². The van der Waals surface area contributed by atoms with E-state index in [1.54, 1.807) is 24.3 Å². The van der Waals surface area contributed by atoms with Gasteiger partial charge in [0.2, 0.25) is 0 Å². The third-order valence-corrected chi connectivity index (χ3v) is 3.08. The minimum atomic E-state index is -0.874. The van der Waals surface area contributed by atoms with Gasteiger partial charge in [-0.05, 0) is 12.1 Å². The highest BCUT2D eigenvalue weighted by molar-refractivity contribution is 6.04. The zero-order valence-electron chi connectivity index (χ0n) is 11.1. The smallest absolute Gasteiger partial charge is 0.318 e. The van der Waals surface area contributed by atoms with Crippen LogP contribution in [0, 0.1) is 5.92 Å². The molecule has 0 aromatic heterocycles. The fourth-order valence-electron chi connectivity index (χ4n) is 1.98. The van der Waals surface area contributed by atoms with Crippen molar-refractivity contribution in [2.24, 2.45) is 5.92 Å². The summed E-state index contributed by atoms with van der Waals surface area (Å²) in [6.07, 6.45) is 0. The molecule has 1 aliphatic rings. The highest BCUT2D eigenvalue weighted by Crippen LogP contribution is 2.15. The van der Waals surface area contributed by atoms with Gasteiger partial charge in [-0.1, -0.05) is 18.2 Å². The number of nitrogens with zero attached hydrogens (tertiary/aromatic N) is 1. The first-order valence-corrected chi connectivity index (χ1v) is 6.18. The van der Waals surface area contributed by atoms with E-state index >= 15 is 0 Å². The number of esters is 1. The summed E-state index contributed by atoms with van der Waals surface area (Å²) >= 11 is 0. The Bertz CT molecular complexity index is 514. The molecule has 1 heterocycles. The van der Waals surface area contributed by atoms with E-state index in [4.69, 9.17) is 4.74 Å². The first-order chi connectivity index (χ1) is 9.61. The van der Waals surface area contributed by atoms with E-state index in [2.05, 4.69) is 4.74 Å². The van der Waals surface area contributed by atoms with Gasteiger partial charge in [-0.3, -0.25) is 14.4 Å².